The van der Waals surface area contributed by atoms with Gasteiger partial charge in [-0.15, -0.1) is 6.42 Å². The second kappa shape index (κ2) is 5.15. The van der Waals surface area contributed by atoms with Gasteiger partial charge < -0.3 is 0 Å². The highest BCUT2D eigenvalue weighted by Crippen LogP contribution is 2.18. The molecule has 0 bridgehead atoms. The molecule has 1 rings (SSSR count). The van der Waals surface area contributed by atoms with Crippen molar-refractivity contribution < 1.29 is 12.6 Å². The average Bonchev–Trinajstić information content (AvgIpc) is 2.26. The molecule has 16 heavy (non-hydrogen) atoms. The van der Waals surface area contributed by atoms with Gasteiger partial charge in [-0.2, -0.15) is 8.42 Å². The van der Waals surface area contributed by atoms with Crippen LogP contribution >= 0.6 is 0 Å². The van der Waals surface area contributed by atoms with Gasteiger partial charge in [0.2, 0.25) is 0 Å². The summed E-state index contributed by atoms with van der Waals surface area (Å²) in [6, 6.07) is 6.61. The van der Waals surface area contributed by atoms with Crippen molar-refractivity contribution >= 4 is 10.1 Å². The molecule has 0 radical (unpaired) electrons. The van der Waals surface area contributed by atoms with E-state index in [0.717, 1.165) is 5.56 Å². The van der Waals surface area contributed by atoms with Crippen molar-refractivity contribution in [3.63, 3.8) is 0 Å². The van der Waals surface area contributed by atoms with Crippen LogP contribution in [0.3, 0.4) is 0 Å². The number of terminal acetylenes is 1. The van der Waals surface area contributed by atoms with Crippen LogP contribution < -0.4 is 0 Å². The number of hydrogen-bond donors (Lipinski definition) is 0. The smallest absolute Gasteiger partial charge is 0.253 e. The van der Waals surface area contributed by atoms with Crippen LogP contribution in [0, 0.1) is 12.3 Å². The second-order valence-electron chi connectivity index (χ2n) is 3.64. The molecule has 4 heteroatoms. The molecule has 0 amide bonds. The molecule has 0 aliphatic carbocycles. The summed E-state index contributed by atoms with van der Waals surface area (Å²) >= 11 is 0. The lowest BCUT2D eigenvalue weighted by molar-refractivity contribution is 0.363. The maximum Gasteiger partial charge on any atom is 0.297 e. The van der Waals surface area contributed by atoms with Crippen molar-refractivity contribution in [2.24, 2.45) is 0 Å². The van der Waals surface area contributed by atoms with Gasteiger partial charge in [-0.25, -0.2) is 0 Å². The molecule has 0 aromatic heterocycles. The van der Waals surface area contributed by atoms with Gasteiger partial charge in [0.1, 0.15) is 6.61 Å². The summed E-state index contributed by atoms with van der Waals surface area (Å²) in [6.07, 6.45) is 4.94. The number of hydrogen-bond acceptors (Lipinski definition) is 3. The molecule has 1 aromatic carbocycles. The van der Waals surface area contributed by atoms with Gasteiger partial charge in [-0.1, -0.05) is 31.9 Å². The van der Waals surface area contributed by atoms with E-state index in [4.69, 9.17) is 6.42 Å². The van der Waals surface area contributed by atoms with E-state index in [9.17, 15) is 8.42 Å². The Balaban J connectivity index is 2.94. The first-order chi connectivity index (χ1) is 7.47. The Labute approximate surface area is 96.6 Å². The van der Waals surface area contributed by atoms with Gasteiger partial charge in [0.05, 0.1) is 4.90 Å². The van der Waals surface area contributed by atoms with Crippen LogP contribution in [0.2, 0.25) is 0 Å². The minimum atomic E-state index is -3.71. The molecule has 1 aromatic rings. The summed E-state index contributed by atoms with van der Waals surface area (Å²) in [5.41, 5.74) is 1.08. The molecule has 0 aliphatic heterocycles. The van der Waals surface area contributed by atoms with Crippen LogP contribution in [0.5, 0.6) is 0 Å². The van der Waals surface area contributed by atoms with Crippen LogP contribution in [0.4, 0.5) is 0 Å². The molecule has 0 unspecified atom stereocenters. The highest BCUT2D eigenvalue weighted by molar-refractivity contribution is 7.86. The molecule has 0 aliphatic rings. The third kappa shape index (κ3) is 3.09. The quantitative estimate of drug-likeness (QED) is 0.596. The van der Waals surface area contributed by atoms with E-state index in [0.29, 0.717) is 5.92 Å². The Kier molecular flexibility index (Phi) is 4.11. The van der Waals surface area contributed by atoms with Gasteiger partial charge in [-0.05, 0) is 23.6 Å². The summed E-state index contributed by atoms with van der Waals surface area (Å²) in [4.78, 5) is 0.132. The lowest BCUT2D eigenvalue weighted by atomic mass is 10.0. The van der Waals surface area contributed by atoms with E-state index in [1.54, 1.807) is 12.1 Å². The monoisotopic (exact) mass is 238 g/mol. The van der Waals surface area contributed by atoms with Gasteiger partial charge in [0.15, 0.2) is 0 Å². The van der Waals surface area contributed by atoms with Crippen LogP contribution in [0.15, 0.2) is 29.2 Å². The SMILES string of the molecule is C#CCOS(=O)(=O)c1ccc(C(C)C)cc1. The summed E-state index contributed by atoms with van der Waals surface area (Å²) in [6.45, 7) is 3.84. The number of benzene rings is 1. The zero-order valence-corrected chi connectivity index (χ0v) is 10.1. The fourth-order valence-corrected chi connectivity index (χ4v) is 2.03. The predicted octanol–water partition coefficient (Wildman–Crippen LogP) is 2.15. The van der Waals surface area contributed by atoms with E-state index in [1.807, 2.05) is 13.8 Å². The lowest BCUT2D eigenvalue weighted by Crippen LogP contribution is -2.06. The predicted molar refractivity (Wildman–Crippen MR) is 62.5 cm³/mol. The van der Waals surface area contributed by atoms with Crippen molar-refractivity contribution in [2.45, 2.75) is 24.7 Å². The summed E-state index contributed by atoms with van der Waals surface area (Å²) in [5, 5.41) is 0. The van der Waals surface area contributed by atoms with E-state index in [-0.39, 0.29) is 11.5 Å². The fourth-order valence-electron chi connectivity index (χ4n) is 1.20. The van der Waals surface area contributed by atoms with Crippen molar-refractivity contribution in [3.8, 4) is 12.3 Å². The molecular weight excluding hydrogens is 224 g/mol. The van der Waals surface area contributed by atoms with Crippen molar-refractivity contribution in [1.29, 1.82) is 0 Å². The first kappa shape index (κ1) is 12.8. The summed E-state index contributed by atoms with van der Waals surface area (Å²) < 4.78 is 27.7. The van der Waals surface area contributed by atoms with Crippen LogP contribution in [0.25, 0.3) is 0 Å². The molecule has 3 nitrogen and oxygen atoms in total. The highest BCUT2D eigenvalue weighted by Gasteiger charge is 2.14. The van der Waals surface area contributed by atoms with Crippen molar-refractivity contribution in [1.82, 2.24) is 0 Å². The van der Waals surface area contributed by atoms with Gasteiger partial charge in [0.25, 0.3) is 10.1 Å². The van der Waals surface area contributed by atoms with E-state index < -0.39 is 10.1 Å². The van der Waals surface area contributed by atoms with Crippen LogP contribution in [-0.4, -0.2) is 15.0 Å². The van der Waals surface area contributed by atoms with E-state index in [1.165, 1.54) is 12.1 Å². The topological polar surface area (TPSA) is 43.4 Å². The molecule has 0 saturated heterocycles. The molecule has 0 saturated carbocycles. The zero-order valence-electron chi connectivity index (χ0n) is 9.30. The zero-order chi connectivity index (χ0) is 12.2. The molecule has 0 fully saturated rings. The molecule has 86 valence electrons. The lowest BCUT2D eigenvalue weighted by Gasteiger charge is -2.07. The number of rotatable bonds is 4. The minimum Gasteiger partial charge on any atom is -0.253 e. The van der Waals surface area contributed by atoms with Crippen molar-refractivity contribution in [3.05, 3.63) is 29.8 Å². The normalized spacial score (nSPS) is 11.4. The fraction of sp³-hybridized carbons (Fsp3) is 0.333. The molecule has 0 atom stereocenters. The van der Waals surface area contributed by atoms with E-state index in [2.05, 4.69) is 10.1 Å². The molecule has 0 spiro atoms. The van der Waals surface area contributed by atoms with Crippen LogP contribution in [-0.2, 0) is 14.3 Å². The third-order valence-electron chi connectivity index (χ3n) is 2.13. The Morgan fingerprint density at radius 1 is 1.31 bits per heavy atom. The maximum absolute atomic E-state index is 11.6. The highest BCUT2D eigenvalue weighted by atomic mass is 32.2. The molecule has 0 N–H and O–H groups in total. The average molecular weight is 238 g/mol. The standard InChI is InChI=1S/C12H14O3S/c1-4-9-15-16(13,14)12-7-5-11(6-8-12)10(2)3/h1,5-8,10H,9H2,2-3H3. The first-order valence-corrected chi connectivity index (χ1v) is 6.31. The van der Waals surface area contributed by atoms with Gasteiger partial charge in [0, 0.05) is 0 Å². The van der Waals surface area contributed by atoms with Gasteiger partial charge >= 0.3 is 0 Å². The van der Waals surface area contributed by atoms with Gasteiger partial charge in [-0.3, -0.25) is 4.18 Å². The summed E-state index contributed by atoms with van der Waals surface area (Å²) in [7, 11) is -3.71. The van der Waals surface area contributed by atoms with Crippen LogP contribution in [0.1, 0.15) is 25.3 Å². The second-order valence-corrected chi connectivity index (χ2v) is 5.26. The summed E-state index contributed by atoms with van der Waals surface area (Å²) in [5.74, 6) is 2.49. The Morgan fingerprint density at radius 2 is 1.88 bits per heavy atom. The van der Waals surface area contributed by atoms with Crippen molar-refractivity contribution in [2.75, 3.05) is 6.61 Å². The minimum absolute atomic E-state index is 0.132. The maximum atomic E-state index is 11.6. The Hall–Kier alpha value is -1.31. The largest absolute Gasteiger partial charge is 0.297 e. The Morgan fingerprint density at radius 3 is 2.31 bits per heavy atom. The first-order valence-electron chi connectivity index (χ1n) is 4.90. The molecular formula is C12H14O3S. The third-order valence-corrected chi connectivity index (χ3v) is 3.41. The molecule has 0 heterocycles. The van der Waals surface area contributed by atoms with E-state index >= 15 is 0 Å². The Bertz CT molecular complexity index is 478.